The molecule has 1 N–H and O–H groups in total. The van der Waals surface area contributed by atoms with Gasteiger partial charge in [-0.25, -0.2) is 4.68 Å². The lowest BCUT2D eigenvalue weighted by molar-refractivity contribution is -0.113. The zero-order chi connectivity index (χ0) is 19.4. The molecule has 27 heavy (non-hydrogen) atoms. The molecule has 9 heteroatoms. The fraction of sp³-hybridized carbons (Fsp3) is 0.389. The molecule has 1 amide bonds. The van der Waals surface area contributed by atoms with Crippen molar-refractivity contribution in [2.45, 2.75) is 6.92 Å². The van der Waals surface area contributed by atoms with Gasteiger partial charge in [-0.3, -0.25) is 14.3 Å². The number of rotatable bonds is 4. The SMILES string of the molecule is Cc1c(NC(=O)CSC(=S)N2CCSCC2)c(=O)n(-c2ccccc2)n1C. The Hall–Kier alpha value is -1.71. The topological polar surface area (TPSA) is 59.3 Å². The monoisotopic (exact) mass is 422 g/mol. The molecule has 1 aliphatic rings. The Labute approximate surface area is 172 Å². The van der Waals surface area contributed by atoms with E-state index in [1.165, 1.54) is 11.8 Å². The lowest BCUT2D eigenvalue weighted by atomic mass is 10.3. The number of thiocarbonyl (C=S) groups is 1. The summed E-state index contributed by atoms with van der Waals surface area (Å²) >= 11 is 8.69. The molecule has 0 unspecified atom stereocenters. The maximum atomic E-state index is 12.8. The molecule has 0 radical (unpaired) electrons. The lowest BCUT2D eigenvalue weighted by Crippen LogP contribution is -2.36. The number of thioether (sulfide) groups is 2. The van der Waals surface area contributed by atoms with Crippen molar-refractivity contribution in [3.8, 4) is 5.69 Å². The number of anilines is 1. The van der Waals surface area contributed by atoms with Crippen LogP contribution < -0.4 is 10.9 Å². The van der Waals surface area contributed by atoms with Crippen molar-refractivity contribution in [3.05, 3.63) is 46.4 Å². The van der Waals surface area contributed by atoms with Gasteiger partial charge in [-0.2, -0.15) is 11.8 Å². The van der Waals surface area contributed by atoms with Crippen LogP contribution in [0.3, 0.4) is 0 Å². The maximum Gasteiger partial charge on any atom is 0.295 e. The van der Waals surface area contributed by atoms with Gasteiger partial charge >= 0.3 is 0 Å². The molecule has 1 fully saturated rings. The highest BCUT2D eigenvalue weighted by Crippen LogP contribution is 2.17. The Morgan fingerprint density at radius 2 is 1.93 bits per heavy atom. The Kier molecular flexibility index (Phi) is 6.67. The maximum absolute atomic E-state index is 12.8. The van der Waals surface area contributed by atoms with Gasteiger partial charge in [-0.1, -0.05) is 42.2 Å². The lowest BCUT2D eigenvalue weighted by Gasteiger charge is -2.28. The highest BCUT2D eigenvalue weighted by Gasteiger charge is 2.19. The second-order valence-electron chi connectivity index (χ2n) is 6.14. The smallest absolute Gasteiger partial charge is 0.295 e. The number of aromatic nitrogens is 2. The van der Waals surface area contributed by atoms with Gasteiger partial charge in [0.1, 0.15) is 10.0 Å². The fourth-order valence-electron chi connectivity index (χ4n) is 2.85. The molecular formula is C18H22N4O2S3. The summed E-state index contributed by atoms with van der Waals surface area (Å²) in [4.78, 5) is 27.3. The van der Waals surface area contributed by atoms with Gasteiger partial charge in [0, 0.05) is 31.6 Å². The minimum Gasteiger partial charge on any atom is -0.356 e. The van der Waals surface area contributed by atoms with E-state index in [9.17, 15) is 9.59 Å². The molecule has 0 saturated carbocycles. The molecule has 6 nitrogen and oxygen atoms in total. The van der Waals surface area contributed by atoms with Crippen LogP contribution in [0.2, 0.25) is 0 Å². The van der Waals surface area contributed by atoms with E-state index in [0.717, 1.165) is 34.6 Å². The molecular weight excluding hydrogens is 400 g/mol. The van der Waals surface area contributed by atoms with Crippen molar-refractivity contribution in [2.75, 3.05) is 35.7 Å². The predicted octanol–water partition coefficient (Wildman–Crippen LogP) is 2.49. The van der Waals surface area contributed by atoms with E-state index in [1.54, 1.807) is 16.4 Å². The van der Waals surface area contributed by atoms with Crippen molar-refractivity contribution in [1.29, 1.82) is 0 Å². The molecule has 0 spiro atoms. The molecule has 2 aromatic rings. The van der Waals surface area contributed by atoms with E-state index in [1.807, 2.05) is 49.0 Å². The van der Waals surface area contributed by atoms with Crippen molar-refractivity contribution in [3.63, 3.8) is 0 Å². The Bertz CT molecular complexity index is 886. The van der Waals surface area contributed by atoms with E-state index in [0.29, 0.717) is 11.4 Å². The number of hydrogen-bond donors (Lipinski definition) is 1. The zero-order valence-corrected chi connectivity index (χ0v) is 17.8. The average Bonchev–Trinajstić information content (AvgIpc) is 2.90. The van der Waals surface area contributed by atoms with Gasteiger partial charge in [-0.05, 0) is 19.1 Å². The van der Waals surface area contributed by atoms with Gasteiger partial charge < -0.3 is 10.2 Å². The summed E-state index contributed by atoms with van der Waals surface area (Å²) in [5.74, 6) is 2.10. The van der Waals surface area contributed by atoms with Gasteiger partial charge in [-0.15, -0.1) is 0 Å². The van der Waals surface area contributed by atoms with E-state index in [-0.39, 0.29) is 17.2 Å². The first-order valence-electron chi connectivity index (χ1n) is 8.62. The van der Waals surface area contributed by atoms with Gasteiger partial charge in [0.15, 0.2) is 0 Å². The van der Waals surface area contributed by atoms with Crippen LogP contribution in [0.15, 0.2) is 35.1 Å². The number of benzene rings is 1. The number of carbonyl (C=O) groups is 1. The van der Waals surface area contributed by atoms with Crippen molar-refractivity contribution >= 4 is 51.7 Å². The van der Waals surface area contributed by atoms with Crippen LogP contribution in [0.5, 0.6) is 0 Å². The third-order valence-corrected chi connectivity index (χ3v) is 6.88. The highest BCUT2D eigenvalue weighted by molar-refractivity contribution is 8.23. The molecule has 0 aliphatic carbocycles. The first-order valence-corrected chi connectivity index (χ1v) is 11.2. The summed E-state index contributed by atoms with van der Waals surface area (Å²) in [6.45, 7) is 3.68. The highest BCUT2D eigenvalue weighted by atomic mass is 32.2. The fourth-order valence-corrected chi connectivity index (χ4v) is 4.81. The van der Waals surface area contributed by atoms with Crippen molar-refractivity contribution in [2.24, 2.45) is 7.05 Å². The normalized spacial score (nSPS) is 14.2. The van der Waals surface area contributed by atoms with E-state index < -0.39 is 0 Å². The standard InChI is InChI=1S/C18H22N4O2S3/c1-13-16(17(24)22(20(13)2)14-6-4-3-5-7-14)19-15(23)12-27-18(25)21-8-10-26-11-9-21/h3-7H,8-12H2,1-2H3,(H,19,23). The van der Waals surface area contributed by atoms with Gasteiger partial charge in [0.2, 0.25) is 5.91 Å². The molecule has 3 rings (SSSR count). The third-order valence-electron chi connectivity index (χ3n) is 4.41. The Morgan fingerprint density at radius 1 is 1.26 bits per heavy atom. The van der Waals surface area contributed by atoms with Crippen LogP contribution in [-0.4, -0.2) is 54.8 Å². The minimum atomic E-state index is -0.241. The molecule has 1 aliphatic heterocycles. The van der Waals surface area contributed by atoms with Crippen LogP contribution >= 0.6 is 35.7 Å². The molecule has 1 aromatic carbocycles. The van der Waals surface area contributed by atoms with Gasteiger partial charge in [0.25, 0.3) is 5.56 Å². The average molecular weight is 423 g/mol. The third kappa shape index (κ3) is 4.59. The van der Waals surface area contributed by atoms with Crippen LogP contribution in [-0.2, 0) is 11.8 Å². The summed E-state index contributed by atoms with van der Waals surface area (Å²) < 4.78 is 4.04. The summed E-state index contributed by atoms with van der Waals surface area (Å²) in [6, 6.07) is 9.36. The van der Waals surface area contributed by atoms with Crippen molar-refractivity contribution < 1.29 is 4.79 Å². The van der Waals surface area contributed by atoms with Crippen LogP contribution in [0.4, 0.5) is 5.69 Å². The molecule has 2 heterocycles. The minimum absolute atomic E-state index is 0.196. The quantitative estimate of drug-likeness (QED) is 0.764. The Balaban J connectivity index is 1.68. The number of para-hydroxylation sites is 1. The summed E-state index contributed by atoms with van der Waals surface area (Å²) in [7, 11) is 1.80. The molecule has 1 aromatic heterocycles. The van der Waals surface area contributed by atoms with Crippen LogP contribution in [0.1, 0.15) is 5.69 Å². The van der Waals surface area contributed by atoms with Crippen molar-refractivity contribution in [1.82, 2.24) is 14.3 Å². The second-order valence-corrected chi connectivity index (χ2v) is 8.97. The first kappa shape index (κ1) is 20.0. The van der Waals surface area contributed by atoms with E-state index in [2.05, 4.69) is 10.2 Å². The predicted molar refractivity (Wildman–Crippen MR) is 118 cm³/mol. The molecule has 144 valence electrons. The number of nitrogens with zero attached hydrogens (tertiary/aromatic N) is 3. The molecule has 0 atom stereocenters. The van der Waals surface area contributed by atoms with Crippen LogP contribution in [0, 0.1) is 6.92 Å². The summed E-state index contributed by atoms with van der Waals surface area (Å²) in [6.07, 6.45) is 0. The first-order chi connectivity index (χ1) is 13.0. The molecule has 0 bridgehead atoms. The van der Waals surface area contributed by atoms with E-state index in [4.69, 9.17) is 12.2 Å². The Morgan fingerprint density at radius 3 is 2.59 bits per heavy atom. The summed E-state index contributed by atoms with van der Waals surface area (Å²) in [5.41, 5.74) is 1.53. The number of amides is 1. The number of nitrogens with one attached hydrogen (secondary N) is 1. The van der Waals surface area contributed by atoms with E-state index >= 15 is 0 Å². The summed E-state index contributed by atoms with van der Waals surface area (Å²) in [5, 5.41) is 2.77. The molecule has 1 saturated heterocycles. The number of carbonyl (C=O) groups excluding carboxylic acids is 1. The largest absolute Gasteiger partial charge is 0.356 e. The zero-order valence-electron chi connectivity index (χ0n) is 15.3. The second kappa shape index (κ2) is 8.99. The van der Waals surface area contributed by atoms with Crippen LogP contribution in [0.25, 0.3) is 5.69 Å². The van der Waals surface area contributed by atoms with Gasteiger partial charge in [0.05, 0.1) is 17.1 Å². The number of hydrogen-bond acceptors (Lipinski definition) is 5.